The summed E-state index contributed by atoms with van der Waals surface area (Å²) in [6.07, 6.45) is 3.42. The van der Waals surface area contributed by atoms with Crippen molar-refractivity contribution in [3.8, 4) is 0 Å². The van der Waals surface area contributed by atoms with Crippen LogP contribution in [0.4, 0.5) is 5.69 Å². The first-order chi connectivity index (χ1) is 16.5. The molecular weight excluding hydrogens is 491 g/mol. The summed E-state index contributed by atoms with van der Waals surface area (Å²) in [5.41, 5.74) is 4.90. The Bertz CT molecular complexity index is 1340. The van der Waals surface area contributed by atoms with Gasteiger partial charge in [0.05, 0.1) is 12.0 Å². The smallest absolute Gasteiger partial charge is 0.250 e. The summed E-state index contributed by atoms with van der Waals surface area (Å²) in [6.45, 7) is 0.126. The van der Waals surface area contributed by atoms with Gasteiger partial charge in [-0.25, -0.2) is 5.43 Å². The normalized spacial score (nSPS) is 11.1. The van der Waals surface area contributed by atoms with Crippen LogP contribution < -0.4 is 10.7 Å². The van der Waals surface area contributed by atoms with Gasteiger partial charge in [0.1, 0.15) is 6.54 Å². The van der Waals surface area contributed by atoms with Crippen LogP contribution in [0.1, 0.15) is 5.56 Å². The van der Waals surface area contributed by atoms with Gasteiger partial charge in [-0.2, -0.15) is 5.10 Å². The SMILES string of the molecule is O=C(CSc1ccc(Cl)cc1)N/N=C\c1cn(CC(=O)Nc2ccc(Cl)cc2)c2ccccc12. The Kier molecular flexibility index (Phi) is 7.90. The lowest BCUT2D eigenvalue weighted by molar-refractivity contribution is -0.118. The first-order valence-electron chi connectivity index (χ1n) is 10.3. The molecule has 2 amide bonds. The summed E-state index contributed by atoms with van der Waals surface area (Å²) < 4.78 is 1.85. The van der Waals surface area contributed by atoms with Crippen LogP contribution in [0.25, 0.3) is 10.9 Å². The Labute approximate surface area is 210 Å². The van der Waals surface area contributed by atoms with E-state index in [1.54, 1.807) is 42.6 Å². The molecule has 6 nitrogen and oxygen atoms in total. The molecule has 0 saturated carbocycles. The summed E-state index contributed by atoms with van der Waals surface area (Å²) in [6, 6.07) is 21.9. The number of amides is 2. The molecule has 3 aromatic carbocycles. The van der Waals surface area contributed by atoms with Crippen molar-refractivity contribution < 1.29 is 9.59 Å². The van der Waals surface area contributed by atoms with E-state index in [1.807, 2.05) is 47.2 Å². The number of hydrogen-bond acceptors (Lipinski definition) is 4. The zero-order chi connectivity index (χ0) is 23.9. The van der Waals surface area contributed by atoms with Gasteiger partial charge in [-0.3, -0.25) is 9.59 Å². The first-order valence-corrected chi connectivity index (χ1v) is 12.1. The Morgan fingerprint density at radius 2 is 1.59 bits per heavy atom. The molecule has 34 heavy (non-hydrogen) atoms. The summed E-state index contributed by atoms with van der Waals surface area (Å²) in [5, 5.41) is 9.15. The maximum Gasteiger partial charge on any atom is 0.250 e. The summed E-state index contributed by atoms with van der Waals surface area (Å²) in [4.78, 5) is 25.7. The number of nitrogens with one attached hydrogen (secondary N) is 2. The summed E-state index contributed by atoms with van der Waals surface area (Å²) in [5.74, 6) is -0.160. The largest absolute Gasteiger partial charge is 0.337 e. The van der Waals surface area contributed by atoms with Crippen molar-refractivity contribution in [2.45, 2.75) is 11.4 Å². The number of hydrogen-bond donors (Lipinski definition) is 2. The Balaban J connectivity index is 1.39. The zero-order valence-corrected chi connectivity index (χ0v) is 20.2. The number of nitrogens with zero attached hydrogens (tertiary/aromatic N) is 2. The van der Waals surface area contributed by atoms with Crippen LogP contribution in [0.15, 0.2) is 89.0 Å². The van der Waals surface area contributed by atoms with Crippen LogP contribution in [0, 0.1) is 0 Å². The minimum absolute atomic E-state index is 0.126. The second-order valence-electron chi connectivity index (χ2n) is 7.32. The summed E-state index contributed by atoms with van der Waals surface area (Å²) >= 11 is 13.2. The van der Waals surface area contributed by atoms with Gasteiger partial charge in [0, 0.05) is 43.3 Å². The third-order valence-corrected chi connectivity index (χ3v) is 6.35. The van der Waals surface area contributed by atoms with E-state index < -0.39 is 0 Å². The first kappa shape index (κ1) is 23.9. The van der Waals surface area contributed by atoms with Gasteiger partial charge in [-0.05, 0) is 54.6 Å². The lowest BCUT2D eigenvalue weighted by Gasteiger charge is -2.07. The molecule has 4 aromatic rings. The predicted molar refractivity (Wildman–Crippen MR) is 140 cm³/mol. The maximum absolute atomic E-state index is 12.6. The average Bonchev–Trinajstić information content (AvgIpc) is 3.17. The van der Waals surface area contributed by atoms with Crippen molar-refractivity contribution in [2.75, 3.05) is 11.1 Å². The quantitative estimate of drug-likeness (QED) is 0.178. The molecule has 4 rings (SSSR count). The van der Waals surface area contributed by atoms with E-state index >= 15 is 0 Å². The van der Waals surface area contributed by atoms with E-state index in [4.69, 9.17) is 23.2 Å². The number of anilines is 1. The van der Waals surface area contributed by atoms with E-state index in [-0.39, 0.29) is 24.1 Å². The molecule has 0 atom stereocenters. The van der Waals surface area contributed by atoms with Crippen molar-refractivity contribution in [3.05, 3.63) is 94.6 Å². The van der Waals surface area contributed by atoms with Crippen molar-refractivity contribution in [1.29, 1.82) is 0 Å². The molecule has 172 valence electrons. The van der Waals surface area contributed by atoms with Crippen LogP contribution in [-0.4, -0.2) is 28.3 Å². The van der Waals surface area contributed by atoms with Crippen LogP contribution in [0.3, 0.4) is 0 Å². The highest BCUT2D eigenvalue weighted by atomic mass is 35.5. The van der Waals surface area contributed by atoms with E-state index in [0.29, 0.717) is 15.7 Å². The van der Waals surface area contributed by atoms with Crippen molar-refractivity contribution in [1.82, 2.24) is 9.99 Å². The fourth-order valence-corrected chi connectivity index (χ4v) is 4.23. The molecule has 1 aromatic heterocycles. The second kappa shape index (κ2) is 11.2. The second-order valence-corrected chi connectivity index (χ2v) is 9.24. The number of carbonyl (C=O) groups is 2. The minimum Gasteiger partial charge on any atom is -0.337 e. The molecule has 1 heterocycles. The van der Waals surface area contributed by atoms with E-state index in [9.17, 15) is 9.59 Å². The highest BCUT2D eigenvalue weighted by Crippen LogP contribution is 2.21. The lowest BCUT2D eigenvalue weighted by Crippen LogP contribution is -2.19. The average molecular weight is 511 g/mol. The highest BCUT2D eigenvalue weighted by molar-refractivity contribution is 8.00. The third-order valence-electron chi connectivity index (χ3n) is 4.84. The van der Waals surface area contributed by atoms with Crippen molar-refractivity contribution >= 4 is 69.6 Å². The molecule has 0 aliphatic carbocycles. The summed E-state index contributed by atoms with van der Waals surface area (Å²) in [7, 11) is 0. The fraction of sp³-hybridized carbons (Fsp3) is 0.0800. The van der Waals surface area contributed by atoms with Gasteiger partial charge in [-0.1, -0.05) is 41.4 Å². The van der Waals surface area contributed by atoms with Crippen molar-refractivity contribution in [2.24, 2.45) is 5.10 Å². The molecule has 0 aliphatic rings. The third kappa shape index (κ3) is 6.41. The molecular formula is C25H20Cl2N4O2S. The highest BCUT2D eigenvalue weighted by Gasteiger charge is 2.11. The number of thioether (sulfide) groups is 1. The van der Waals surface area contributed by atoms with E-state index in [2.05, 4.69) is 15.8 Å². The molecule has 0 spiro atoms. The molecule has 0 radical (unpaired) electrons. The monoisotopic (exact) mass is 510 g/mol. The maximum atomic E-state index is 12.6. The molecule has 0 unspecified atom stereocenters. The predicted octanol–water partition coefficient (Wildman–Crippen LogP) is 5.83. The van der Waals surface area contributed by atoms with E-state index in [0.717, 1.165) is 21.4 Å². The minimum atomic E-state index is -0.220. The number of hydrazone groups is 1. The van der Waals surface area contributed by atoms with E-state index in [1.165, 1.54) is 11.8 Å². The van der Waals surface area contributed by atoms with Gasteiger partial charge in [-0.15, -0.1) is 11.8 Å². The molecule has 0 fully saturated rings. The van der Waals surface area contributed by atoms with Crippen LogP contribution in [-0.2, 0) is 16.1 Å². The standard InChI is InChI=1S/C25H20Cl2N4O2S/c26-18-5-9-20(10-6-18)29-24(32)15-31-14-17(22-3-1-2-4-23(22)31)13-28-30-25(33)16-34-21-11-7-19(27)8-12-21/h1-14H,15-16H2,(H,29,32)(H,30,33)/b28-13-. The number of benzene rings is 3. The molecule has 0 saturated heterocycles. The van der Waals surface area contributed by atoms with Gasteiger partial charge < -0.3 is 9.88 Å². The van der Waals surface area contributed by atoms with Gasteiger partial charge in [0.2, 0.25) is 11.8 Å². The van der Waals surface area contributed by atoms with Crippen LogP contribution >= 0.6 is 35.0 Å². The Hall–Kier alpha value is -3.26. The molecule has 9 heteroatoms. The fourth-order valence-electron chi connectivity index (χ4n) is 3.28. The molecule has 0 aliphatic heterocycles. The molecule has 2 N–H and O–H groups in total. The number of halogens is 2. The topological polar surface area (TPSA) is 75.5 Å². The number of para-hydroxylation sites is 1. The van der Waals surface area contributed by atoms with Crippen LogP contribution in [0.5, 0.6) is 0 Å². The molecule has 0 bridgehead atoms. The van der Waals surface area contributed by atoms with Gasteiger partial charge in [0.15, 0.2) is 0 Å². The number of fused-ring (bicyclic) bond motifs is 1. The number of carbonyl (C=O) groups excluding carboxylic acids is 2. The van der Waals surface area contributed by atoms with Gasteiger partial charge >= 0.3 is 0 Å². The zero-order valence-electron chi connectivity index (χ0n) is 17.9. The van der Waals surface area contributed by atoms with Crippen molar-refractivity contribution in [3.63, 3.8) is 0 Å². The number of aromatic nitrogens is 1. The van der Waals surface area contributed by atoms with Gasteiger partial charge in [0.25, 0.3) is 0 Å². The van der Waals surface area contributed by atoms with Crippen LogP contribution in [0.2, 0.25) is 10.0 Å². The lowest BCUT2D eigenvalue weighted by atomic mass is 10.2. The Morgan fingerprint density at radius 3 is 2.32 bits per heavy atom. The number of rotatable bonds is 8. The Morgan fingerprint density at radius 1 is 0.912 bits per heavy atom.